The van der Waals surface area contributed by atoms with Crippen LogP contribution in [0.1, 0.15) is 5.56 Å². The van der Waals surface area contributed by atoms with Crippen LogP contribution in [0.25, 0.3) is 0 Å². The Bertz CT molecular complexity index is 975. The van der Waals surface area contributed by atoms with Gasteiger partial charge < -0.3 is 15.1 Å². The Morgan fingerprint density at radius 1 is 0.900 bits per heavy atom. The van der Waals surface area contributed by atoms with Gasteiger partial charge in [-0.2, -0.15) is 0 Å². The summed E-state index contributed by atoms with van der Waals surface area (Å²) in [7, 11) is 0. The zero-order valence-electron chi connectivity index (χ0n) is 16.6. The summed E-state index contributed by atoms with van der Waals surface area (Å²) in [6.07, 6.45) is 2.16. The van der Waals surface area contributed by atoms with Crippen molar-refractivity contribution in [3.63, 3.8) is 0 Å². The van der Waals surface area contributed by atoms with Crippen LogP contribution in [-0.4, -0.2) is 47.6 Å². The highest BCUT2D eigenvalue weighted by atomic mass is 16.6. The minimum absolute atomic E-state index is 0.0567. The van der Waals surface area contributed by atoms with Crippen molar-refractivity contribution in [1.82, 2.24) is 9.97 Å². The summed E-state index contributed by atoms with van der Waals surface area (Å²) in [5.74, 6) is 0.649. The molecule has 154 valence electrons. The van der Waals surface area contributed by atoms with Crippen LogP contribution >= 0.6 is 0 Å². The molecule has 0 spiro atoms. The largest absolute Gasteiger partial charge is 0.368 e. The summed E-state index contributed by atoms with van der Waals surface area (Å²) in [5, 5.41) is 15.0. The van der Waals surface area contributed by atoms with Gasteiger partial charge in [0.25, 0.3) is 0 Å². The molecule has 0 aliphatic carbocycles. The highest BCUT2D eigenvalue weighted by molar-refractivity contribution is 5.70. The number of benzene rings is 2. The van der Waals surface area contributed by atoms with E-state index in [1.54, 1.807) is 0 Å². The Balaban J connectivity index is 1.45. The van der Waals surface area contributed by atoms with Gasteiger partial charge in [0.05, 0.1) is 4.92 Å². The second kappa shape index (κ2) is 9.21. The highest BCUT2D eigenvalue weighted by Gasteiger charge is 2.29. The number of hydrogen-bond acceptors (Lipinski definition) is 7. The van der Waals surface area contributed by atoms with Crippen molar-refractivity contribution < 1.29 is 4.92 Å². The molecule has 8 heteroatoms. The zero-order chi connectivity index (χ0) is 20.8. The molecule has 1 N–H and O–H groups in total. The van der Waals surface area contributed by atoms with Crippen molar-refractivity contribution in [3.05, 3.63) is 82.7 Å². The van der Waals surface area contributed by atoms with Crippen molar-refractivity contribution in [3.8, 4) is 0 Å². The lowest BCUT2D eigenvalue weighted by atomic mass is 10.1. The normalized spacial score (nSPS) is 13.9. The molecule has 1 saturated heterocycles. The molecule has 0 bridgehead atoms. The number of nitrogens with zero attached hydrogens (tertiary/aromatic N) is 5. The Morgan fingerprint density at radius 3 is 2.20 bits per heavy atom. The van der Waals surface area contributed by atoms with Gasteiger partial charge >= 0.3 is 5.69 Å². The van der Waals surface area contributed by atoms with E-state index in [1.165, 1.54) is 11.9 Å². The number of para-hydroxylation sites is 1. The Morgan fingerprint density at radius 2 is 1.53 bits per heavy atom. The lowest BCUT2D eigenvalue weighted by Crippen LogP contribution is -2.47. The lowest BCUT2D eigenvalue weighted by Gasteiger charge is -2.36. The van der Waals surface area contributed by atoms with Gasteiger partial charge in [-0.1, -0.05) is 48.5 Å². The van der Waals surface area contributed by atoms with E-state index in [0.29, 0.717) is 25.5 Å². The molecule has 3 aromatic rings. The van der Waals surface area contributed by atoms with E-state index in [-0.39, 0.29) is 16.4 Å². The number of anilines is 3. The van der Waals surface area contributed by atoms with E-state index in [9.17, 15) is 10.1 Å². The zero-order valence-corrected chi connectivity index (χ0v) is 16.6. The van der Waals surface area contributed by atoms with Crippen molar-refractivity contribution >= 4 is 23.0 Å². The fourth-order valence-corrected chi connectivity index (χ4v) is 3.68. The quantitative estimate of drug-likeness (QED) is 0.477. The number of piperazine rings is 1. The van der Waals surface area contributed by atoms with Crippen molar-refractivity contribution in [1.29, 1.82) is 0 Å². The summed E-state index contributed by atoms with van der Waals surface area (Å²) in [6.45, 7) is 3.44. The Hall–Kier alpha value is -3.68. The SMILES string of the molecule is O=[N+]([O-])c1c(NCCc2ccccc2)ncnc1N1CCN(c2ccccc2)CC1. The van der Waals surface area contributed by atoms with Crippen LogP contribution in [0, 0.1) is 10.1 Å². The van der Waals surface area contributed by atoms with E-state index < -0.39 is 0 Å². The van der Waals surface area contributed by atoms with E-state index in [0.717, 1.165) is 25.2 Å². The molecule has 2 aromatic carbocycles. The summed E-state index contributed by atoms with van der Waals surface area (Å²) in [5.41, 5.74) is 2.27. The van der Waals surface area contributed by atoms with Crippen LogP contribution in [-0.2, 0) is 6.42 Å². The van der Waals surface area contributed by atoms with Gasteiger partial charge in [0, 0.05) is 38.4 Å². The number of rotatable bonds is 7. The molecular weight excluding hydrogens is 380 g/mol. The highest BCUT2D eigenvalue weighted by Crippen LogP contribution is 2.32. The first-order chi connectivity index (χ1) is 14.7. The molecule has 2 heterocycles. The fraction of sp³-hybridized carbons (Fsp3) is 0.273. The standard InChI is InChI=1S/C22H24N6O2/c29-28(30)20-21(23-12-11-18-7-3-1-4-8-18)24-17-25-22(20)27-15-13-26(14-16-27)19-9-5-2-6-10-19/h1-10,17H,11-16H2,(H,23,24,25). The average molecular weight is 404 g/mol. The van der Waals surface area contributed by atoms with Crippen molar-refractivity contribution in [2.45, 2.75) is 6.42 Å². The van der Waals surface area contributed by atoms with E-state index in [2.05, 4.69) is 32.3 Å². The number of aromatic nitrogens is 2. The predicted molar refractivity (Wildman–Crippen MR) is 118 cm³/mol. The third-order valence-electron chi connectivity index (χ3n) is 5.24. The Kier molecular flexibility index (Phi) is 6.03. The monoisotopic (exact) mass is 404 g/mol. The molecule has 1 fully saturated rings. The number of hydrogen-bond donors (Lipinski definition) is 1. The predicted octanol–water partition coefficient (Wildman–Crippen LogP) is 3.37. The molecule has 30 heavy (non-hydrogen) atoms. The van der Waals surface area contributed by atoms with Gasteiger partial charge in [0.2, 0.25) is 11.6 Å². The molecule has 8 nitrogen and oxygen atoms in total. The van der Waals surface area contributed by atoms with Gasteiger partial charge in [-0.15, -0.1) is 0 Å². The molecule has 1 aliphatic rings. The van der Waals surface area contributed by atoms with Gasteiger partial charge in [0.15, 0.2) is 0 Å². The molecule has 0 saturated carbocycles. The first-order valence-corrected chi connectivity index (χ1v) is 10.0. The van der Waals surface area contributed by atoms with Gasteiger partial charge in [-0.3, -0.25) is 10.1 Å². The molecule has 0 atom stereocenters. The molecule has 1 aliphatic heterocycles. The number of nitro groups is 1. The average Bonchev–Trinajstić information content (AvgIpc) is 2.80. The first kappa shape index (κ1) is 19.6. The third-order valence-corrected chi connectivity index (χ3v) is 5.24. The minimum Gasteiger partial charge on any atom is -0.368 e. The molecule has 4 rings (SSSR count). The van der Waals surface area contributed by atoms with Crippen LogP contribution in [0.2, 0.25) is 0 Å². The van der Waals surface area contributed by atoms with E-state index >= 15 is 0 Å². The van der Waals surface area contributed by atoms with Crippen LogP contribution < -0.4 is 15.1 Å². The van der Waals surface area contributed by atoms with Gasteiger partial charge in [0.1, 0.15) is 6.33 Å². The maximum absolute atomic E-state index is 11.9. The molecule has 0 unspecified atom stereocenters. The molecule has 0 radical (unpaired) electrons. The summed E-state index contributed by atoms with van der Waals surface area (Å²) in [4.78, 5) is 24.1. The Labute approximate surface area is 175 Å². The minimum atomic E-state index is -0.385. The van der Waals surface area contributed by atoms with Gasteiger partial charge in [-0.05, 0) is 24.1 Å². The van der Waals surface area contributed by atoms with Crippen LogP contribution in [0.15, 0.2) is 67.0 Å². The summed E-state index contributed by atoms with van der Waals surface area (Å²) >= 11 is 0. The smallest absolute Gasteiger partial charge is 0.353 e. The van der Waals surface area contributed by atoms with Crippen molar-refractivity contribution in [2.24, 2.45) is 0 Å². The van der Waals surface area contributed by atoms with Crippen LogP contribution in [0.3, 0.4) is 0 Å². The topological polar surface area (TPSA) is 87.4 Å². The van der Waals surface area contributed by atoms with Crippen molar-refractivity contribution in [2.75, 3.05) is 47.8 Å². The molecular formula is C22H24N6O2. The first-order valence-electron chi connectivity index (χ1n) is 10.0. The van der Waals surface area contributed by atoms with Gasteiger partial charge in [-0.25, -0.2) is 9.97 Å². The second-order valence-corrected chi connectivity index (χ2v) is 7.12. The maximum atomic E-state index is 11.9. The van der Waals surface area contributed by atoms with Crippen LogP contribution in [0.4, 0.5) is 23.0 Å². The summed E-state index contributed by atoms with van der Waals surface area (Å²) in [6, 6.07) is 20.2. The molecule has 1 aromatic heterocycles. The fourth-order valence-electron chi connectivity index (χ4n) is 3.68. The third kappa shape index (κ3) is 4.48. The lowest BCUT2D eigenvalue weighted by molar-refractivity contribution is -0.383. The molecule has 0 amide bonds. The summed E-state index contributed by atoms with van der Waals surface area (Å²) < 4.78 is 0. The maximum Gasteiger partial charge on any atom is 0.353 e. The van der Waals surface area contributed by atoms with E-state index in [4.69, 9.17) is 0 Å². The van der Waals surface area contributed by atoms with Crippen LogP contribution in [0.5, 0.6) is 0 Å². The second-order valence-electron chi connectivity index (χ2n) is 7.12. The number of nitrogens with one attached hydrogen (secondary N) is 1. The van der Waals surface area contributed by atoms with E-state index in [1.807, 2.05) is 53.4 Å².